The summed E-state index contributed by atoms with van der Waals surface area (Å²) in [5.74, 6) is -0.347. The average Bonchev–Trinajstić information content (AvgIpc) is 2.28. The van der Waals surface area contributed by atoms with Crippen LogP contribution in [0, 0.1) is 5.92 Å². The molecule has 1 heterocycles. The van der Waals surface area contributed by atoms with Crippen LogP contribution >= 0.6 is 0 Å². The lowest BCUT2D eigenvalue weighted by Gasteiger charge is -2.30. The zero-order chi connectivity index (χ0) is 13.8. The molecule has 18 heavy (non-hydrogen) atoms. The second-order valence-corrected chi connectivity index (χ2v) is 6.81. The van der Waals surface area contributed by atoms with Crippen LogP contribution in [0.1, 0.15) is 19.8 Å². The molecule has 1 aliphatic heterocycles. The molecule has 1 rings (SSSR count). The number of nitrogens with zero attached hydrogens (tertiary/aromatic N) is 1. The van der Waals surface area contributed by atoms with Gasteiger partial charge in [-0.1, -0.05) is 0 Å². The number of piperidine rings is 1. The van der Waals surface area contributed by atoms with Crippen molar-refractivity contribution < 1.29 is 17.9 Å². The third-order valence-corrected chi connectivity index (χ3v) is 4.30. The quantitative estimate of drug-likeness (QED) is 0.756. The molecule has 0 aromatic carbocycles. The molecule has 1 saturated heterocycles. The summed E-state index contributed by atoms with van der Waals surface area (Å²) < 4.78 is 29.2. The molecule has 1 amide bonds. The minimum atomic E-state index is -3.20. The molecule has 0 radical (unpaired) electrons. The van der Waals surface area contributed by atoms with Crippen LogP contribution in [0.4, 0.5) is 0 Å². The molecule has 2 atom stereocenters. The van der Waals surface area contributed by atoms with Crippen LogP contribution in [0.3, 0.4) is 0 Å². The van der Waals surface area contributed by atoms with Gasteiger partial charge in [-0.3, -0.25) is 4.79 Å². The molecule has 0 aliphatic carbocycles. The number of amides is 1. The van der Waals surface area contributed by atoms with E-state index in [-0.39, 0.29) is 24.4 Å². The Morgan fingerprint density at radius 3 is 2.78 bits per heavy atom. The van der Waals surface area contributed by atoms with Crippen LogP contribution in [0.5, 0.6) is 0 Å². The van der Waals surface area contributed by atoms with Crippen LogP contribution in [-0.2, 0) is 19.6 Å². The van der Waals surface area contributed by atoms with Crippen molar-refractivity contribution in [2.24, 2.45) is 5.92 Å². The summed E-state index contributed by atoms with van der Waals surface area (Å²) in [7, 11) is -1.62. The lowest BCUT2D eigenvalue weighted by Crippen LogP contribution is -2.47. The van der Waals surface area contributed by atoms with E-state index < -0.39 is 10.0 Å². The number of carbonyl (C=O) groups is 1. The average molecular weight is 278 g/mol. The number of hydrogen-bond donors (Lipinski definition) is 1. The van der Waals surface area contributed by atoms with E-state index in [1.54, 1.807) is 7.11 Å². The van der Waals surface area contributed by atoms with Crippen molar-refractivity contribution in [2.75, 3.05) is 33.1 Å². The molecule has 6 nitrogen and oxygen atoms in total. The van der Waals surface area contributed by atoms with Gasteiger partial charge in [0.1, 0.15) is 0 Å². The van der Waals surface area contributed by atoms with Crippen molar-refractivity contribution in [3.8, 4) is 0 Å². The van der Waals surface area contributed by atoms with E-state index in [2.05, 4.69) is 5.32 Å². The van der Waals surface area contributed by atoms with Gasteiger partial charge in [0.25, 0.3) is 0 Å². The number of methoxy groups -OCH3 is 1. The van der Waals surface area contributed by atoms with E-state index >= 15 is 0 Å². The molecule has 0 aromatic rings. The highest BCUT2D eigenvalue weighted by atomic mass is 32.2. The lowest BCUT2D eigenvalue weighted by atomic mass is 9.98. The Balaban J connectivity index is 2.53. The molecule has 7 heteroatoms. The Hall–Kier alpha value is -0.660. The second kappa shape index (κ2) is 6.49. The van der Waals surface area contributed by atoms with Crippen LogP contribution in [0.25, 0.3) is 0 Å². The standard InChI is InChI=1S/C11H22N2O4S/c1-9(8-17-2)12-11(14)10-5-4-6-13(7-10)18(3,15)16/h9-10H,4-8H2,1-3H3,(H,12,14). The molecular weight excluding hydrogens is 256 g/mol. The zero-order valence-electron chi connectivity index (χ0n) is 11.2. The number of ether oxygens (including phenoxy) is 1. The van der Waals surface area contributed by atoms with Crippen molar-refractivity contribution in [1.29, 1.82) is 0 Å². The topological polar surface area (TPSA) is 75.7 Å². The Kier molecular flexibility index (Phi) is 5.55. The van der Waals surface area contributed by atoms with Crippen molar-refractivity contribution in [1.82, 2.24) is 9.62 Å². The molecule has 0 bridgehead atoms. The van der Waals surface area contributed by atoms with Crippen molar-refractivity contribution in [2.45, 2.75) is 25.8 Å². The van der Waals surface area contributed by atoms with Crippen molar-refractivity contribution in [3.63, 3.8) is 0 Å². The van der Waals surface area contributed by atoms with Crippen LogP contribution in [-0.4, -0.2) is 57.7 Å². The third kappa shape index (κ3) is 4.55. The third-order valence-electron chi connectivity index (χ3n) is 3.03. The van der Waals surface area contributed by atoms with Crippen LogP contribution in [0.15, 0.2) is 0 Å². The Bertz CT molecular complexity index is 383. The Morgan fingerprint density at radius 1 is 1.56 bits per heavy atom. The molecule has 1 N–H and O–H groups in total. The summed E-state index contributed by atoms with van der Waals surface area (Å²) in [6, 6.07) is -0.0592. The summed E-state index contributed by atoms with van der Waals surface area (Å²) in [5.41, 5.74) is 0. The highest BCUT2D eigenvalue weighted by Crippen LogP contribution is 2.18. The monoisotopic (exact) mass is 278 g/mol. The fourth-order valence-electron chi connectivity index (χ4n) is 2.11. The van der Waals surface area contributed by atoms with Gasteiger partial charge in [0.15, 0.2) is 0 Å². The molecule has 1 fully saturated rings. The molecule has 0 aromatic heterocycles. The van der Waals surface area contributed by atoms with Crippen LogP contribution < -0.4 is 5.32 Å². The molecule has 1 aliphatic rings. The van der Waals surface area contributed by atoms with E-state index in [1.807, 2.05) is 6.92 Å². The van der Waals surface area contributed by atoms with Crippen molar-refractivity contribution in [3.05, 3.63) is 0 Å². The number of nitrogens with one attached hydrogen (secondary N) is 1. The van der Waals surface area contributed by atoms with Gasteiger partial charge in [0.05, 0.1) is 18.8 Å². The fraction of sp³-hybridized carbons (Fsp3) is 0.909. The molecule has 2 unspecified atom stereocenters. The van der Waals surface area contributed by atoms with Gasteiger partial charge in [0.2, 0.25) is 15.9 Å². The number of rotatable bonds is 5. The molecular formula is C11H22N2O4S. The summed E-state index contributed by atoms with van der Waals surface area (Å²) in [5, 5.41) is 2.84. The highest BCUT2D eigenvalue weighted by Gasteiger charge is 2.30. The smallest absolute Gasteiger partial charge is 0.224 e. The molecule has 0 spiro atoms. The van der Waals surface area contributed by atoms with Crippen molar-refractivity contribution >= 4 is 15.9 Å². The zero-order valence-corrected chi connectivity index (χ0v) is 12.0. The maximum absolute atomic E-state index is 12.0. The second-order valence-electron chi connectivity index (χ2n) is 4.83. The van der Waals surface area contributed by atoms with Gasteiger partial charge in [-0.2, -0.15) is 0 Å². The van der Waals surface area contributed by atoms with E-state index in [1.165, 1.54) is 10.6 Å². The van der Waals surface area contributed by atoms with Gasteiger partial charge in [-0.15, -0.1) is 0 Å². The lowest BCUT2D eigenvalue weighted by molar-refractivity contribution is -0.127. The van der Waals surface area contributed by atoms with Gasteiger partial charge in [-0.05, 0) is 19.8 Å². The number of sulfonamides is 1. The summed E-state index contributed by atoms with van der Waals surface area (Å²) in [4.78, 5) is 12.0. The first-order valence-corrected chi connectivity index (χ1v) is 7.94. The Morgan fingerprint density at radius 2 is 2.22 bits per heavy atom. The highest BCUT2D eigenvalue weighted by molar-refractivity contribution is 7.88. The largest absolute Gasteiger partial charge is 0.383 e. The first-order valence-electron chi connectivity index (χ1n) is 6.09. The first kappa shape index (κ1) is 15.4. The predicted octanol–water partition coefficient (Wildman–Crippen LogP) is -0.191. The maximum atomic E-state index is 12.0. The van der Waals surface area contributed by atoms with Crippen LogP contribution in [0.2, 0.25) is 0 Å². The maximum Gasteiger partial charge on any atom is 0.224 e. The first-order chi connectivity index (χ1) is 8.34. The minimum Gasteiger partial charge on any atom is -0.383 e. The van der Waals surface area contributed by atoms with Gasteiger partial charge in [0, 0.05) is 26.2 Å². The van der Waals surface area contributed by atoms with E-state index in [0.717, 1.165) is 12.8 Å². The predicted molar refractivity (Wildman–Crippen MR) is 68.6 cm³/mol. The summed E-state index contributed by atoms with van der Waals surface area (Å²) in [6.45, 7) is 3.10. The van der Waals surface area contributed by atoms with Gasteiger partial charge >= 0.3 is 0 Å². The Labute approximate surface area is 109 Å². The van der Waals surface area contributed by atoms with Gasteiger partial charge < -0.3 is 10.1 Å². The van der Waals surface area contributed by atoms with E-state index in [4.69, 9.17) is 4.74 Å². The number of hydrogen-bond acceptors (Lipinski definition) is 4. The molecule has 106 valence electrons. The van der Waals surface area contributed by atoms with Gasteiger partial charge in [-0.25, -0.2) is 12.7 Å². The summed E-state index contributed by atoms with van der Waals surface area (Å²) in [6.07, 6.45) is 2.64. The fourth-order valence-corrected chi connectivity index (χ4v) is 3.02. The number of carbonyl (C=O) groups excluding carboxylic acids is 1. The SMILES string of the molecule is COCC(C)NC(=O)C1CCCN(S(C)(=O)=O)C1. The molecule has 0 saturated carbocycles. The van der Waals surface area contributed by atoms with E-state index in [0.29, 0.717) is 13.2 Å². The van der Waals surface area contributed by atoms with E-state index in [9.17, 15) is 13.2 Å². The normalized spacial score (nSPS) is 23.6. The summed E-state index contributed by atoms with van der Waals surface area (Å²) >= 11 is 0. The minimum absolute atomic E-state index is 0.0592.